The van der Waals surface area contributed by atoms with Crippen LogP contribution in [0.2, 0.25) is 0 Å². The highest BCUT2D eigenvalue weighted by atomic mass is 16.5. The Morgan fingerprint density at radius 3 is 2.78 bits per heavy atom. The molecule has 18 heavy (non-hydrogen) atoms. The van der Waals surface area contributed by atoms with Crippen molar-refractivity contribution in [3.05, 3.63) is 35.4 Å². The van der Waals surface area contributed by atoms with E-state index in [1.807, 2.05) is 12.1 Å². The number of carbonyl (C=O) groups is 1. The summed E-state index contributed by atoms with van der Waals surface area (Å²) in [6, 6.07) is 7.43. The van der Waals surface area contributed by atoms with Crippen LogP contribution in [0.4, 0.5) is 0 Å². The van der Waals surface area contributed by atoms with Gasteiger partial charge in [0.05, 0.1) is 18.8 Å². The van der Waals surface area contributed by atoms with Gasteiger partial charge in [-0.15, -0.1) is 0 Å². The van der Waals surface area contributed by atoms with E-state index in [0.29, 0.717) is 5.56 Å². The van der Waals surface area contributed by atoms with Crippen LogP contribution in [-0.2, 0) is 11.3 Å². The highest BCUT2D eigenvalue weighted by Crippen LogP contribution is 2.14. The summed E-state index contributed by atoms with van der Waals surface area (Å²) in [5, 5.41) is 9.60. The maximum absolute atomic E-state index is 11.3. The second-order valence-corrected chi connectivity index (χ2v) is 4.72. The number of methoxy groups -OCH3 is 1. The van der Waals surface area contributed by atoms with Crippen molar-refractivity contribution in [3.63, 3.8) is 0 Å². The molecule has 0 unspecified atom stereocenters. The molecule has 0 spiro atoms. The monoisotopic (exact) mass is 249 g/mol. The maximum atomic E-state index is 11.3. The topological polar surface area (TPSA) is 49.8 Å². The molecule has 0 aromatic heterocycles. The molecular weight excluding hydrogens is 230 g/mol. The second-order valence-electron chi connectivity index (χ2n) is 4.72. The zero-order valence-electron chi connectivity index (χ0n) is 10.6. The minimum atomic E-state index is -0.310. The fraction of sp³-hybridized carbons (Fsp3) is 0.500. The van der Waals surface area contributed by atoms with E-state index in [1.165, 1.54) is 7.11 Å². The average Bonchev–Trinajstić information content (AvgIpc) is 2.39. The second kappa shape index (κ2) is 5.98. The first-order valence-electron chi connectivity index (χ1n) is 6.26. The first-order valence-corrected chi connectivity index (χ1v) is 6.26. The number of carbonyl (C=O) groups excluding carboxylic acids is 1. The normalized spacial score (nSPS) is 20.7. The molecule has 4 nitrogen and oxygen atoms in total. The van der Waals surface area contributed by atoms with Gasteiger partial charge in [0.25, 0.3) is 0 Å². The number of piperidine rings is 1. The molecule has 4 heteroatoms. The third-order valence-electron chi connectivity index (χ3n) is 3.26. The number of aliphatic hydroxyl groups excluding tert-OH is 1. The smallest absolute Gasteiger partial charge is 0.337 e. The number of aliphatic hydroxyl groups is 1. The Morgan fingerprint density at radius 2 is 2.17 bits per heavy atom. The van der Waals surface area contributed by atoms with E-state index in [0.717, 1.165) is 38.0 Å². The number of hydrogen-bond acceptors (Lipinski definition) is 4. The lowest BCUT2D eigenvalue weighted by Crippen LogP contribution is -2.37. The highest BCUT2D eigenvalue weighted by Gasteiger charge is 2.17. The maximum Gasteiger partial charge on any atom is 0.337 e. The van der Waals surface area contributed by atoms with Crippen LogP contribution in [0.15, 0.2) is 24.3 Å². The molecule has 0 radical (unpaired) electrons. The molecule has 1 aromatic carbocycles. The molecule has 1 aromatic rings. The zero-order valence-corrected chi connectivity index (χ0v) is 10.6. The highest BCUT2D eigenvalue weighted by molar-refractivity contribution is 5.89. The number of likely N-dealkylation sites (tertiary alicyclic amines) is 1. The van der Waals surface area contributed by atoms with Crippen LogP contribution in [-0.4, -0.2) is 42.3 Å². The number of nitrogens with zero attached hydrogens (tertiary/aromatic N) is 1. The third kappa shape index (κ3) is 3.31. The fourth-order valence-electron chi connectivity index (χ4n) is 2.30. The van der Waals surface area contributed by atoms with Crippen molar-refractivity contribution in [2.24, 2.45) is 0 Å². The lowest BCUT2D eigenvalue weighted by molar-refractivity contribution is 0.0600. The Hall–Kier alpha value is -1.39. The Labute approximate surface area is 107 Å². The molecule has 98 valence electrons. The minimum absolute atomic E-state index is 0.201. The van der Waals surface area contributed by atoms with E-state index >= 15 is 0 Å². The number of rotatable bonds is 3. The molecule has 0 bridgehead atoms. The van der Waals surface area contributed by atoms with Gasteiger partial charge in [0, 0.05) is 13.1 Å². The van der Waals surface area contributed by atoms with Gasteiger partial charge in [-0.2, -0.15) is 0 Å². The van der Waals surface area contributed by atoms with Gasteiger partial charge in [0.15, 0.2) is 0 Å². The molecule has 1 aliphatic heterocycles. The molecular formula is C14H19NO3. The Morgan fingerprint density at radius 1 is 1.44 bits per heavy atom. The number of β-amino-alcohol motifs (C(OH)–C–C–N with tert-alkyl or cyclic N) is 1. The summed E-state index contributed by atoms with van der Waals surface area (Å²) in [5.41, 5.74) is 1.72. The molecule has 1 fully saturated rings. The van der Waals surface area contributed by atoms with E-state index in [4.69, 9.17) is 0 Å². The van der Waals surface area contributed by atoms with Crippen LogP contribution >= 0.6 is 0 Å². The lowest BCUT2D eigenvalue weighted by atomic mass is 10.1. The molecule has 0 saturated carbocycles. The van der Waals surface area contributed by atoms with Crippen LogP contribution < -0.4 is 0 Å². The summed E-state index contributed by atoms with van der Waals surface area (Å²) in [7, 11) is 1.38. The molecule has 1 atom stereocenters. The van der Waals surface area contributed by atoms with Gasteiger partial charge < -0.3 is 9.84 Å². The Bertz CT molecular complexity index is 402. The molecule has 1 aliphatic rings. The largest absolute Gasteiger partial charge is 0.465 e. The van der Waals surface area contributed by atoms with E-state index in [2.05, 4.69) is 9.64 Å². The zero-order chi connectivity index (χ0) is 13.0. The van der Waals surface area contributed by atoms with Gasteiger partial charge in [0.2, 0.25) is 0 Å². The minimum Gasteiger partial charge on any atom is -0.465 e. The van der Waals surface area contributed by atoms with Crippen molar-refractivity contribution in [3.8, 4) is 0 Å². The molecule has 0 amide bonds. The summed E-state index contributed by atoms with van der Waals surface area (Å²) in [5.74, 6) is -0.310. The summed E-state index contributed by atoms with van der Waals surface area (Å²) < 4.78 is 4.66. The summed E-state index contributed by atoms with van der Waals surface area (Å²) in [6.07, 6.45) is 1.74. The van der Waals surface area contributed by atoms with Gasteiger partial charge in [-0.05, 0) is 37.1 Å². The van der Waals surface area contributed by atoms with Crippen LogP contribution in [0.3, 0.4) is 0 Å². The fourth-order valence-corrected chi connectivity index (χ4v) is 2.30. The van der Waals surface area contributed by atoms with Crippen molar-refractivity contribution < 1.29 is 14.6 Å². The predicted octanol–water partition coefficient (Wildman–Crippen LogP) is 1.43. The van der Waals surface area contributed by atoms with E-state index in [-0.39, 0.29) is 12.1 Å². The summed E-state index contributed by atoms with van der Waals surface area (Å²) in [6.45, 7) is 2.58. The van der Waals surface area contributed by atoms with E-state index in [1.54, 1.807) is 12.1 Å². The summed E-state index contributed by atoms with van der Waals surface area (Å²) >= 11 is 0. The predicted molar refractivity (Wildman–Crippen MR) is 68.3 cm³/mol. The Balaban J connectivity index is 1.95. The molecule has 1 N–H and O–H groups in total. The van der Waals surface area contributed by atoms with Crippen LogP contribution in [0, 0.1) is 0 Å². The Kier molecular flexibility index (Phi) is 4.33. The lowest BCUT2D eigenvalue weighted by Gasteiger charge is -2.29. The quantitative estimate of drug-likeness (QED) is 0.823. The van der Waals surface area contributed by atoms with Gasteiger partial charge in [0.1, 0.15) is 0 Å². The van der Waals surface area contributed by atoms with Crippen molar-refractivity contribution in [2.45, 2.75) is 25.5 Å². The standard InChI is InChI=1S/C14H19NO3/c1-18-14(17)12-6-4-11(5-7-12)9-15-8-2-3-13(16)10-15/h4-7,13,16H,2-3,8-10H2,1H3/t13-/m0/s1. The van der Waals surface area contributed by atoms with Crippen molar-refractivity contribution in [1.29, 1.82) is 0 Å². The van der Waals surface area contributed by atoms with Crippen molar-refractivity contribution in [1.82, 2.24) is 4.90 Å². The number of esters is 1. The first-order chi connectivity index (χ1) is 8.69. The van der Waals surface area contributed by atoms with Crippen LogP contribution in [0.1, 0.15) is 28.8 Å². The number of benzene rings is 1. The molecule has 0 aliphatic carbocycles. The van der Waals surface area contributed by atoms with Crippen LogP contribution in [0.5, 0.6) is 0 Å². The van der Waals surface area contributed by atoms with E-state index in [9.17, 15) is 9.90 Å². The number of hydrogen-bond donors (Lipinski definition) is 1. The van der Waals surface area contributed by atoms with Gasteiger partial charge >= 0.3 is 5.97 Å². The summed E-state index contributed by atoms with van der Waals surface area (Å²) in [4.78, 5) is 13.5. The van der Waals surface area contributed by atoms with E-state index < -0.39 is 0 Å². The first kappa shape index (κ1) is 13.1. The molecule has 1 saturated heterocycles. The van der Waals surface area contributed by atoms with Gasteiger partial charge in [-0.1, -0.05) is 12.1 Å². The van der Waals surface area contributed by atoms with Crippen molar-refractivity contribution >= 4 is 5.97 Å². The molecule has 1 heterocycles. The average molecular weight is 249 g/mol. The molecule has 2 rings (SSSR count). The van der Waals surface area contributed by atoms with Gasteiger partial charge in [-0.3, -0.25) is 4.90 Å². The van der Waals surface area contributed by atoms with Crippen molar-refractivity contribution in [2.75, 3.05) is 20.2 Å². The number of ether oxygens (including phenoxy) is 1. The SMILES string of the molecule is COC(=O)c1ccc(CN2CCC[C@H](O)C2)cc1. The van der Waals surface area contributed by atoms with Crippen LogP contribution in [0.25, 0.3) is 0 Å². The third-order valence-corrected chi connectivity index (χ3v) is 3.26. The van der Waals surface area contributed by atoms with Gasteiger partial charge in [-0.25, -0.2) is 4.79 Å².